The van der Waals surface area contributed by atoms with Crippen molar-refractivity contribution < 1.29 is 14.3 Å². The lowest BCUT2D eigenvalue weighted by Gasteiger charge is -2.56. The first-order chi connectivity index (χ1) is 17.3. The number of hydrogen-bond donors (Lipinski definition) is 0. The van der Waals surface area contributed by atoms with Crippen molar-refractivity contribution in [2.75, 3.05) is 11.7 Å². The Morgan fingerprint density at radius 2 is 1.46 bits per heavy atom. The SMILES string of the molecule is O=C1N(c2ccccc2)[C@H](c2ccccc2)[C@]1(C/C=C/c1ccccc1)c1ccc2c(c1)OCO2. The molecule has 4 aromatic carbocycles. The molecular weight excluding hydrogens is 434 g/mol. The minimum atomic E-state index is -0.774. The lowest BCUT2D eigenvalue weighted by Crippen LogP contribution is -2.66. The minimum Gasteiger partial charge on any atom is -0.454 e. The van der Waals surface area contributed by atoms with Crippen molar-refractivity contribution in [3.63, 3.8) is 0 Å². The van der Waals surface area contributed by atoms with Gasteiger partial charge in [-0.3, -0.25) is 4.79 Å². The van der Waals surface area contributed by atoms with Crippen LogP contribution in [-0.2, 0) is 10.2 Å². The highest BCUT2D eigenvalue weighted by Crippen LogP contribution is 2.56. The molecule has 0 bridgehead atoms. The molecule has 0 spiro atoms. The number of ether oxygens (including phenoxy) is 2. The van der Waals surface area contributed by atoms with Gasteiger partial charge in [0.25, 0.3) is 0 Å². The quantitative estimate of drug-likeness (QED) is 0.307. The van der Waals surface area contributed by atoms with Crippen LogP contribution in [0.3, 0.4) is 0 Å². The summed E-state index contributed by atoms with van der Waals surface area (Å²) in [7, 11) is 0. The van der Waals surface area contributed by atoms with E-state index in [-0.39, 0.29) is 18.7 Å². The molecule has 172 valence electrons. The average molecular weight is 460 g/mol. The summed E-state index contributed by atoms with van der Waals surface area (Å²) in [6, 6.07) is 36.1. The molecule has 2 heterocycles. The lowest BCUT2D eigenvalue weighted by molar-refractivity contribution is -0.133. The van der Waals surface area contributed by atoms with Crippen molar-refractivity contribution in [3.8, 4) is 11.5 Å². The molecule has 1 amide bonds. The zero-order valence-electron chi connectivity index (χ0n) is 19.2. The number of carbonyl (C=O) groups is 1. The molecule has 4 nitrogen and oxygen atoms in total. The van der Waals surface area contributed by atoms with E-state index >= 15 is 0 Å². The Kier molecular flexibility index (Phi) is 5.34. The van der Waals surface area contributed by atoms with E-state index in [4.69, 9.17) is 9.47 Å². The maximum atomic E-state index is 14.2. The van der Waals surface area contributed by atoms with Crippen LogP contribution in [0.4, 0.5) is 5.69 Å². The summed E-state index contributed by atoms with van der Waals surface area (Å²) in [6.07, 6.45) is 4.77. The molecule has 2 aliphatic heterocycles. The Bertz CT molecular complexity index is 1370. The smallest absolute Gasteiger partial charge is 0.241 e. The van der Waals surface area contributed by atoms with Gasteiger partial charge in [-0.15, -0.1) is 0 Å². The van der Waals surface area contributed by atoms with Gasteiger partial charge >= 0.3 is 0 Å². The van der Waals surface area contributed by atoms with Gasteiger partial charge in [0, 0.05) is 5.69 Å². The van der Waals surface area contributed by atoms with Gasteiger partial charge < -0.3 is 14.4 Å². The molecule has 6 rings (SSSR count). The fourth-order valence-electron chi connectivity index (χ4n) is 5.24. The predicted octanol–water partition coefficient (Wildman–Crippen LogP) is 6.54. The van der Waals surface area contributed by atoms with Crippen LogP contribution >= 0.6 is 0 Å². The van der Waals surface area contributed by atoms with Crippen molar-refractivity contribution in [1.29, 1.82) is 0 Å². The first-order valence-corrected chi connectivity index (χ1v) is 11.8. The molecule has 4 aromatic rings. The number of hydrogen-bond acceptors (Lipinski definition) is 3. The molecule has 0 unspecified atom stereocenters. The van der Waals surface area contributed by atoms with Crippen LogP contribution in [-0.4, -0.2) is 12.7 Å². The molecule has 0 aromatic heterocycles. The maximum absolute atomic E-state index is 14.2. The first kappa shape index (κ1) is 21.2. The third kappa shape index (κ3) is 3.58. The van der Waals surface area contributed by atoms with Crippen LogP contribution in [0.15, 0.2) is 115 Å². The van der Waals surface area contributed by atoms with Gasteiger partial charge in [0.05, 0.1) is 6.04 Å². The van der Waals surface area contributed by atoms with E-state index in [9.17, 15) is 4.79 Å². The van der Waals surface area contributed by atoms with Crippen molar-refractivity contribution in [2.45, 2.75) is 17.9 Å². The third-order valence-electron chi connectivity index (χ3n) is 6.91. The number of benzene rings is 4. The zero-order valence-corrected chi connectivity index (χ0v) is 19.2. The van der Waals surface area contributed by atoms with Crippen molar-refractivity contribution in [2.24, 2.45) is 0 Å². The van der Waals surface area contributed by atoms with Crippen molar-refractivity contribution in [3.05, 3.63) is 132 Å². The largest absolute Gasteiger partial charge is 0.454 e. The number of fused-ring (bicyclic) bond motifs is 1. The van der Waals surface area contributed by atoms with Crippen LogP contribution in [0.5, 0.6) is 11.5 Å². The molecular formula is C31H25NO3. The summed E-state index contributed by atoms with van der Waals surface area (Å²) in [5.41, 5.74) is 3.27. The monoisotopic (exact) mass is 459 g/mol. The molecule has 2 atom stereocenters. The predicted molar refractivity (Wildman–Crippen MR) is 137 cm³/mol. The Hall–Kier alpha value is -4.31. The number of β-lactam (4-membered cyclic amide) rings is 1. The molecule has 4 heteroatoms. The Morgan fingerprint density at radius 3 is 2.20 bits per heavy atom. The van der Waals surface area contributed by atoms with Crippen LogP contribution in [0.2, 0.25) is 0 Å². The first-order valence-electron chi connectivity index (χ1n) is 11.8. The van der Waals surface area contributed by atoms with Crippen LogP contribution < -0.4 is 14.4 Å². The van der Waals surface area contributed by atoms with Crippen molar-refractivity contribution in [1.82, 2.24) is 0 Å². The highest BCUT2D eigenvalue weighted by Gasteiger charge is 2.62. The zero-order chi connectivity index (χ0) is 23.7. The third-order valence-corrected chi connectivity index (χ3v) is 6.91. The molecule has 0 N–H and O–H groups in total. The van der Waals surface area contributed by atoms with Crippen molar-refractivity contribution >= 4 is 17.7 Å². The van der Waals surface area contributed by atoms with Crippen LogP contribution in [0.25, 0.3) is 6.08 Å². The summed E-state index contributed by atoms with van der Waals surface area (Å²) in [6.45, 7) is 0.200. The Balaban J connectivity index is 1.49. The number of nitrogens with zero attached hydrogens (tertiary/aromatic N) is 1. The Labute approximate surface area is 205 Å². The normalized spacial score (nSPS) is 20.7. The molecule has 2 aliphatic rings. The second kappa shape index (κ2) is 8.80. The van der Waals surface area contributed by atoms with Crippen LogP contribution in [0.1, 0.15) is 29.2 Å². The minimum absolute atomic E-state index is 0.0779. The lowest BCUT2D eigenvalue weighted by atomic mass is 9.61. The van der Waals surface area contributed by atoms with Gasteiger partial charge in [-0.2, -0.15) is 0 Å². The van der Waals surface area contributed by atoms with E-state index in [1.807, 2.05) is 89.8 Å². The number of para-hydroxylation sites is 1. The van der Waals surface area contributed by atoms with Gasteiger partial charge in [0.2, 0.25) is 12.7 Å². The van der Waals surface area contributed by atoms with Gasteiger partial charge in [-0.25, -0.2) is 0 Å². The van der Waals surface area contributed by atoms with Gasteiger partial charge in [-0.1, -0.05) is 97.1 Å². The highest BCUT2D eigenvalue weighted by atomic mass is 16.7. The van der Waals surface area contributed by atoms with E-state index in [1.54, 1.807) is 0 Å². The topological polar surface area (TPSA) is 38.8 Å². The molecule has 1 saturated heterocycles. The van der Waals surface area contributed by atoms with E-state index in [1.165, 1.54) is 0 Å². The number of allylic oxidation sites excluding steroid dienone is 1. The second-order valence-electron chi connectivity index (χ2n) is 8.88. The number of carbonyl (C=O) groups excluding carboxylic acids is 1. The number of amides is 1. The second-order valence-corrected chi connectivity index (χ2v) is 8.88. The summed E-state index contributed by atoms with van der Waals surface area (Å²) in [5, 5.41) is 0. The molecule has 0 saturated carbocycles. The molecule has 1 fully saturated rings. The number of anilines is 1. The molecule has 0 radical (unpaired) electrons. The fraction of sp³-hybridized carbons (Fsp3) is 0.129. The summed E-state index contributed by atoms with van der Waals surface area (Å²) in [4.78, 5) is 16.2. The van der Waals surface area contributed by atoms with E-state index in [0.717, 1.165) is 22.4 Å². The average Bonchev–Trinajstić information content (AvgIpc) is 3.39. The van der Waals surface area contributed by atoms with E-state index in [0.29, 0.717) is 17.9 Å². The van der Waals surface area contributed by atoms with E-state index < -0.39 is 5.41 Å². The Morgan fingerprint density at radius 1 is 0.800 bits per heavy atom. The summed E-state index contributed by atoms with van der Waals surface area (Å²) in [5.74, 6) is 1.48. The number of rotatable bonds is 6. The fourth-order valence-corrected chi connectivity index (χ4v) is 5.24. The maximum Gasteiger partial charge on any atom is 0.241 e. The summed E-state index contributed by atoms with van der Waals surface area (Å²) >= 11 is 0. The highest BCUT2D eigenvalue weighted by molar-refractivity contribution is 6.10. The van der Waals surface area contributed by atoms with Gasteiger partial charge in [-0.05, 0) is 47.4 Å². The van der Waals surface area contributed by atoms with Gasteiger partial charge in [0.1, 0.15) is 5.41 Å². The molecule has 0 aliphatic carbocycles. The molecule has 35 heavy (non-hydrogen) atoms. The standard InChI is InChI=1S/C31H25NO3/c33-30-31(20-10-13-23-11-4-1-5-12-23,25-18-19-27-28(21-25)35-22-34-27)29(24-14-6-2-7-15-24)32(30)26-16-8-3-9-17-26/h1-19,21,29H,20,22H2/b13-10+/t29-,31+/m1/s1. The summed E-state index contributed by atoms with van der Waals surface area (Å²) < 4.78 is 11.3. The van der Waals surface area contributed by atoms with Gasteiger partial charge in [0.15, 0.2) is 11.5 Å². The van der Waals surface area contributed by atoms with E-state index in [2.05, 4.69) is 36.4 Å². The van der Waals surface area contributed by atoms with Crippen LogP contribution in [0, 0.1) is 0 Å².